The monoisotopic (exact) mass is 366 g/mol. The van der Waals surface area contributed by atoms with E-state index in [1.165, 1.54) is 17.5 Å². The molecule has 0 bridgehead atoms. The zero-order chi connectivity index (χ0) is 17.0. The van der Waals surface area contributed by atoms with Gasteiger partial charge in [0.2, 0.25) is 0 Å². The highest BCUT2D eigenvalue weighted by Crippen LogP contribution is 2.36. The van der Waals surface area contributed by atoms with Gasteiger partial charge in [0.25, 0.3) is 0 Å². The van der Waals surface area contributed by atoms with Gasteiger partial charge in [-0.15, -0.1) is 0 Å². The molecule has 0 radical (unpaired) electrons. The normalized spacial score (nSPS) is 9.83. The number of urea groups is 1. The molecule has 2 amide bonds. The molecule has 0 aliphatic rings. The second-order valence-corrected chi connectivity index (χ2v) is 6.26. The Morgan fingerprint density at radius 3 is 2.65 bits per heavy atom. The van der Waals surface area contributed by atoms with Crippen LogP contribution in [0.3, 0.4) is 0 Å². The molecule has 0 atom stereocenters. The molecule has 0 unspecified atom stereocenters. The van der Waals surface area contributed by atoms with Crippen molar-refractivity contribution in [1.82, 2.24) is 0 Å². The lowest BCUT2D eigenvalue weighted by Crippen LogP contribution is -2.19. The Morgan fingerprint density at radius 2 is 2.04 bits per heavy atom. The van der Waals surface area contributed by atoms with E-state index in [1.54, 1.807) is 25.1 Å². The first kappa shape index (κ1) is 17.2. The van der Waals surface area contributed by atoms with Gasteiger partial charge in [0.05, 0.1) is 20.6 Å². The highest BCUT2D eigenvalue weighted by atomic mass is 35.5. The largest absolute Gasteiger partial charge is 0.354 e. The standard InChI is InChI=1S/C15H12Cl2N4OS/c1-3-19-13-8(2)10(7-18)14(23-13)21-15(22)20-9-4-5-11(16)12(17)6-9/h3-6,19H,1H2,2H3,(H2,20,21,22). The number of benzene rings is 1. The van der Waals surface area contributed by atoms with Crippen LogP contribution in [0, 0.1) is 18.3 Å². The minimum atomic E-state index is -0.480. The number of hydrogen-bond acceptors (Lipinski definition) is 4. The number of rotatable bonds is 4. The van der Waals surface area contributed by atoms with Crippen LogP contribution < -0.4 is 16.0 Å². The molecular formula is C15H12Cl2N4OS. The third-order valence-corrected chi connectivity index (χ3v) is 4.77. The summed E-state index contributed by atoms with van der Waals surface area (Å²) in [6, 6.07) is 6.36. The van der Waals surface area contributed by atoms with Crippen molar-refractivity contribution in [2.24, 2.45) is 0 Å². The molecule has 2 rings (SSSR count). The zero-order valence-electron chi connectivity index (χ0n) is 12.0. The maximum absolute atomic E-state index is 12.1. The quantitative estimate of drug-likeness (QED) is 0.674. The molecule has 5 nitrogen and oxygen atoms in total. The highest BCUT2D eigenvalue weighted by Gasteiger charge is 2.16. The minimum absolute atomic E-state index is 0.339. The minimum Gasteiger partial charge on any atom is -0.354 e. The summed E-state index contributed by atoms with van der Waals surface area (Å²) in [5, 5.41) is 19.4. The summed E-state index contributed by atoms with van der Waals surface area (Å²) in [5.74, 6) is 0. The average molecular weight is 367 g/mol. The topological polar surface area (TPSA) is 76.9 Å². The summed E-state index contributed by atoms with van der Waals surface area (Å²) in [5.41, 5.74) is 1.65. The number of hydrogen-bond donors (Lipinski definition) is 3. The van der Waals surface area contributed by atoms with E-state index in [0.717, 1.165) is 10.6 Å². The Labute approximate surface area is 147 Å². The number of nitriles is 1. The molecule has 1 aromatic carbocycles. The van der Waals surface area contributed by atoms with Gasteiger partial charge in [0.1, 0.15) is 11.1 Å². The third kappa shape index (κ3) is 3.96. The predicted octanol–water partition coefficient (Wildman–Crippen LogP) is 5.43. The lowest BCUT2D eigenvalue weighted by Gasteiger charge is -2.07. The Hall–Kier alpha value is -2.20. The Morgan fingerprint density at radius 1 is 1.30 bits per heavy atom. The first-order chi connectivity index (χ1) is 11.0. The number of carbonyl (C=O) groups is 1. The van der Waals surface area contributed by atoms with Crippen LogP contribution in [0.2, 0.25) is 10.0 Å². The summed E-state index contributed by atoms with van der Waals surface area (Å²) in [6.07, 6.45) is 1.51. The van der Waals surface area contributed by atoms with Crippen LogP contribution in [0.25, 0.3) is 0 Å². The van der Waals surface area contributed by atoms with E-state index >= 15 is 0 Å². The number of nitrogens with one attached hydrogen (secondary N) is 3. The summed E-state index contributed by atoms with van der Waals surface area (Å²) < 4.78 is 0. The fraction of sp³-hybridized carbons (Fsp3) is 0.0667. The molecular weight excluding hydrogens is 355 g/mol. The molecule has 0 fully saturated rings. The van der Waals surface area contributed by atoms with Gasteiger partial charge in [-0.2, -0.15) is 5.26 Å². The van der Waals surface area contributed by atoms with Crippen LogP contribution in [0.4, 0.5) is 20.5 Å². The van der Waals surface area contributed by atoms with Crippen molar-refractivity contribution < 1.29 is 4.79 Å². The first-order valence-electron chi connectivity index (χ1n) is 6.40. The van der Waals surface area contributed by atoms with Crippen LogP contribution in [0.1, 0.15) is 11.1 Å². The van der Waals surface area contributed by atoms with Gasteiger partial charge in [-0.1, -0.05) is 41.1 Å². The number of nitrogens with zero attached hydrogens (tertiary/aromatic N) is 1. The van der Waals surface area contributed by atoms with Crippen LogP contribution in [-0.4, -0.2) is 6.03 Å². The smallest absolute Gasteiger partial charge is 0.324 e. The van der Waals surface area contributed by atoms with Crippen molar-refractivity contribution in [2.75, 3.05) is 16.0 Å². The third-order valence-electron chi connectivity index (χ3n) is 2.90. The average Bonchev–Trinajstić information content (AvgIpc) is 2.78. The molecule has 23 heavy (non-hydrogen) atoms. The molecule has 8 heteroatoms. The zero-order valence-corrected chi connectivity index (χ0v) is 14.4. The molecule has 1 heterocycles. The summed E-state index contributed by atoms with van der Waals surface area (Å²) in [4.78, 5) is 12.1. The number of carbonyl (C=O) groups excluding carboxylic acids is 1. The Kier molecular flexibility index (Phi) is 5.50. The van der Waals surface area contributed by atoms with Crippen LogP contribution in [0.15, 0.2) is 31.0 Å². The fourth-order valence-corrected chi connectivity index (χ4v) is 3.15. The van der Waals surface area contributed by atoms with Crippen molar-refractivity contribution in [3.05, 3.63) is 52.2 Å². The van der Waals surface area contributed by atoms with E-state index in [0.29, 0.717) is 26.3 Å². The van der Waals surface area contributed by atoms with E-state index < -0.39 is 6.03 Å². The summed E-state index contributed by atoms with van der Waals surface area (Å²) >= 11 is 13.0. The van der Waals surface area contributed by atoms with E-state index in [-0.39, 0.29) is 0 Å². The summed E-state index contributed by atoms with van der Waals surface area (Å²) in [7, 11) is 0. The van der Waals surface area contributed by atoms with E-state index in [9.17, 15) is 10.1 Å². The highest BCUT2D eigenvalue weighted by molar-refractivity contribution is 7.20. The van der Waals surface area contributed by atoms with Crippen molar-refractivity contribution in [2.45, 2.75) is 6.92 Å². The molecule has 0 saturated heterocycles. The van der Waals surface area contributed by atoms with Crippen molar-refractivity contribution >= 4 is 56.3 Å². The van der Waals surface area contributed by atoms with E-state index in [2.05, 4.69) is 28.6 Å². The SMILES string of the molecule is C=CNc1sc(NC(=O)Nc2ccc(Cl)c(Cl)c2)c(C#N)c1C. The molecule has 1 aromatic heterocycles. The Bertz CT molecular complexity index is 811. The number of amides is 2. The lowest BCUT2D eigenvalue weighted by molar-refractivity contribution is 0.262. The van der Waals surface area contributed by atoms with Gasteiger partial charge >= 0.3 is 6.03 Å². The van der Waals surface area contributed by atoms with Crippen LogP contribution in [-0.2, 0) is 0 Å². The molecule has 3 N–H and O–H groups in total. The number of halogens is 2. The maximum Gasteiger partial charge on any atom is 0.324 e. The number of anilines is 3. The molecule has 0 saturated carbocycles. The van der Waals surface area contributed by atoms with E-state index in [1.807, 2.05) is 0 Å². The molecule has 0 aliphatic carbocycles. The first-order valence-corrected chi connectivity index (χ1v) is 7.97. The van der Waals surface area contributed by atoms with E-state index in [4.69, 9.17) is 23.2 Å². The molecule has 0 aliphatic heterocycles. The lowest BCUT2D eigenvalue weighted by atomic mass is 10.2. The molecule has 0 spiro atoms. The van der Waals surface area contributed by atoms with Crippen molar-refractivity contribution in [1.29, 1.82) is 5.26 Å². The van der Waals surface area contributed by atoms with Crippen molar-refractivity contribution in [3.8, 4) is 6.07 Å². The Balaban J connectivity index is 2.17. The van der Waals surface area contributed by atoms with Gasteiger partial charge in [-0.3, -0.25) is 5.32 Å². The second kappa shape index (κ2) is 7.38. The van der Waals surface area contributed by atoms with Gasteiger partial charge in [0, 0.05) is 11.3 Å². The van der Waals surface area contributed by atoms with Crippen molar-refractivity contribution in [3.63, 3.8) is 0 Å². The van der Waals surface area contributed by atoms with Gasteiger partial charge in [-0.05, 0) is 31.3 Å². The van der Waals surface area contributed by atoms with Gasteiger partial charge in [0.15, 0.2) is 0 Å². The van der Waals surface area contributed by atoms with Gasteiger partial charge in [-0.25, -0.2) is 4.79 Å². The summed E-state index contributed by atoms with van der Waals surface area (Å²) in [6.45, 7) is 5.38. The van der Waals surface area contributed by atoms with Crippen LogP contribution >= 0.6 is 34.5 Å². The fourth-order valence-electron chi connectivity index (χ4n) is 1.81. The second-order valence-electron chi connectivity index (χ2n) is 4.43. The maximum atomic E-state index is 12.1. The molecule has 118 valence electrons. The predicted molar refractivity (Wildman–Crippen MR) is 96.7 cm³/mol. The molecule has 2 aromatic rings. The van der Waals surface area contributed by atoms with Gasteiger partial charge < -0.3 is 10.6 Å². The number of thiophene rings is 1. The van der Waals surface area contributed by atoms with Crippen LogP contribution in [0.5, 0.6) is 0 Å².